The molecule has 1 aromatic heterocycles. The van der Waals surface area contributed by atoms with Gasteiger partial charge in [-0.05, 0) is 97.9 Å². The number of amides is 3. The van der Waals surface area contributed by atoms with Crippen LogP contribution < -0.4 is 25.4 Å². The van der Waals surface area contributed by atoms with Crippen LogP contribution in [0.3, 0.4) is 0 Å². The molecule has 0 saturated carbocycles. The Kier molecular flexibility index (Phi) is 10.8. The number of aromatic nitrogens is 1. The summed E-state index contributed by atoms with van der Waals surface area (Å²) in [5.74, 6) is 0.420. The number of ether oxygens (including phenoxy) is 2. The molecule has 1 atom stereocenters. The lowest BCUT2D eigenvalue weighted by molar-refractivity contribution is -0.115. The van der Waals surface area contributed by atoms with Crippen molar-refractivity contribution in [1.82, 2.24) is 10.3 Å². The molecule has 0 bridgehead atoms. The SMILES string of the molecule is COc1ccc(/C=C(\NC(=O)c2ccccc2)C(=O)Nc2ccc(SC(C)C(=O)Nc3ccc(-c4nc5ccccc5o4)cc3)cc2)c(OC)c1. The fourth-order valence-electron chi connectivity index (χ4n) is 5.04. The van der Waals surface area contributed by atoms with Crippen molar-refractivity contribution < 1.29 is 28.3 Å². The van der Waals surface area contributed by atoms with E-state index in [0.29, 0.717) is 45.5 Å². The number of fused-ring (bicyclic) bond motifs is 1. The maximum absolute atomic E-state index is 13.5. The van der Waals surface area contributed by atoms with E-state index in [0.717, 1.165) is 16.0 Å². The molecule has 51 heavy (non-hydrogen) atoms. The third kappa shape index (κ3) is 8.64. The number of methoxy groups -OCH3 is 2. The third-order valence-corrected chi connectivity index (χ3v) is 8.87. The van der Waals surface area contributed by atoms with E-state index in [1.54, 1.807) is 73.8 Å². The highest BCUT2D eigenvalue weighted by atomic mass is 32.2. The number of para-hydroxylation sites is 2. The Morgan fingerprint density at radius 2 is 1.47 bits per heavy atom. The molecule has 0 aliphatic rings. The van der Waals surface area contributed by atoms with Crippen LogP contribution in [0.25, 0.3) is 28.6 Å². The van der Waals surface area contributed by atoms with Gasteiger partial charge >= 0.3 is 0 Å². The maximum atomic E-state index is 13.5. The topological polar surface area (TPSA) is 132 Å². The number of benzene rings is 5. The zero-order chi connectivity index (χ0) is 35.7. The summed E-state index contributed by atoms with van der Waals surface area (Å²) in [7, 11) is 3.06. The first-order valence-electron chi connectivity index (χ1n) is 15.9. The van der Waals surface area contributed by atoms with Crippen molar-refractivity contribution in [3.63, 3.8) is 0 Å². The molecule has 0 aliphatic carbocycles. The van der Waals surface area contributed by atoms with Gasteiger partial charge < -0.3 is 29.8 Å². The van der Waals surface area contributed by atoms with E-state index in [-0.39, 0.29) is 11.6 Å². The largest absolute Gasteiger partial charge is 0.497 e. The van der Waals surface area contributed by atoms with E-state index < -0.39 is 17.1 Å². The van der Waals surface area contributed by atoms with Crippen molar-refractivity contribution >= 4 is 58.0 Å². The molecule has 3 amide bonds. The summed E-state index contributed by atoms with van der Waals surface area (Å²) in [4.78, 5) is 45.0. The summed E-state index contributed by atoms with van der Waals surface area (Å²) >= 11 is 1.38. The number of oxazole rings is 1. The van der Waals surface area contributed by atoms with Crippen molar-refractivity contribution in [3.8, 4) is 23.0 Å². The van der Waals surface area contributed by atoms with Crippen LogP contribution in [-0.4, -0.2) is 42.2 Å². The normalized spacial score (nSPS) is 11.8. The van der Waals surface area contributed by atoms with E-state index in [4.69, 9.17) is 13.9 Å². The van der Waals surface area contributed by atoms with Gasteiger partial charge in [-0.15, -0.1) is 11.8 Å². The van der Waals surface area contributed by atoms with Crippen molar-refractivity contribution in [2.45, 2.75) is 17.1 Å². The zero-order valence-corrected chi connectivity index (χ0v) is 28.8. The lowest BCUT2D eigenvalue weighted by atomic mass is 10.1. The molecular formula is C40H34N4O6S. The minimum absolute atomic E-state index is 0.0120. The fourth-order valence-corrected chi connectivity index (χ4v) is 5.91. The maximum Gasteiger partial charge on any atom is 0.272 e. The molecule has 1 heterocycles. The van der Waals surface area contributed by atoms with Gasteiger partial charge in [0.2, 0.25) is 11.8 Å². The molecule has 0 radical (unpaired) electrons. The Bertz CT molecular complexity index is 2170. The van der Waals surface area contributed by atoms with Gasteiger partial charge in [-0.2, -0.15) is 0 Å². The van der Waals surface area contributed by atoms with Gasteiger partial charge in [0.1, 0.15) is 22.7 Å². The smallest absolute Gasteiger partial charge is 0.272 e. The van der Waals surface area contributed by atoms with Gasteiger partial charge in [-0.3, -0.25) is 14.4 Å². The van der Waals surface area contributed by atoms with E-state index in [9.17, 15) is 14.4 Å². The lowest BCUT2D eigenvalue weighted by Gasteiger charge is -2.14. The molecule has 0 spiro atoms. The first-order valence-corrected chi connectivity index (χ1v) is 16.8. The first kappa shape index (κ1) is 34.5. The van der Waals surface area contributed by atoms with Gasteiger partial charge in [0.05, 0.1) is 19.5 Å². The third-order valence-electron chi connectivity index (χ3n) is 7.76. The van der Waals surface area contributed by atoms with Crippen LogP contribution in [0.15, 0.2) is 136 Å². The van der Waals surface area contributed by atoms with Gasteiger partial charge in [0, 0.05) is 39.0 Å². The Morgan fingerprint density at radius 1 is 0.784 bits per heavy atom. The minimum Gasteiger partial charge on any atom is -0.497 e. The Balaban J connectivity index is 1.09. The summed E-state index contributed by atoms with van der Waals surface area (Å²) in [5, 5.41) is 8.13. The van der Waals surface area contributed by atoms with Crippen molar-refractivity contribution in [2.24, 2.45) is 0 Å². The van der Waals surface area contributed by atoms with Crippen LogP contribution in [-0.2, 0) is 9.59 Å². The average Bonchev–Trinajstić information content (AvgIpc) is 3.60. The number of anilines is 2. The number of hydrogen-bond donors (Lipinski definition) is 3. The molecule has 6 rings (SSSR count). The summed E-state index contributed by atoms with van der Waals surface area (Å²) in [5.41, 5.74) is 4.43. The number of carbonyl (C=O) groups is 3. The summed E-state index contributed by atoms with van der Waals surface area (Å²) in [6.45, 7) is 1.82. The van der Waals surface area contributed by atoms with Crippen LogP contribution >= 0.6 is 11.8 Å². The highest BCUT2D eigenvalue weighted by Crippen LogP contribution is 2.29. The quantitative estimate of drug-likeness (QED) is 0.0865. The van der Waals surface area contributed by atoms with Gasteiger partial charge in [0.25, 0.3) is 11.8 Å². The number of hydrogen-bond acceptors (Lipinski definition) is 8. The second kappa shape index (κ2) is 15.9. The van der Waals surface area contributed by atoms with Crippen LogP contribution in [0.1, 0.15) is 22.8 Å². The average molecular weight is 699 g/mol. The van der Waals surface area contributed by atoms with Gasteiger partial charge in [-0.25, -0.2) is 4.98 Å². The van der Waals surface area contributed by atoms with Crippen molar-refractivity contribution in [1.29, 1.82) is 0 Å². The number of carbonyl (C=O) groups excluding carboxylic acids is 3. The minimum atomic E-state index is -0.535. The van der Waals surface area contributed by atoms with E-state index in [1.807, 2.05) is 67.6 Å². The summed E-state index contributed by atoms with van der Waals surface area (Å²) in [6.07, 6.45) is 1.54. The Morgan fingerprint density at radius 3 is 2.18 bits per heavy atom. The van der Waals surface area contributed by atoms with Crippen LogP contribution in [0, 0.1) is 0 Å². The predicted molar refractivity (Wildman–Crippen MR) is 200 cm³/mol. The van der Waals surface area contributed by atoms with Gasteiger partial charge in [0.15, 0.2) is 5.58 Å². The van der Waals surface area contributed by atoms with Gasteiger partial charge in [-0.1, -0.05) is 30.3 Å². The summed E-state index contributed by atoms with van der Waals surface area (Å²) < 4.78 is 16.6. The van der Waals surface area contributed by atoms with E-state index >= 15 is 0 Å². The van der Waals surface area contributed by atoms with Crippen LogP contribution in [0.2, 0.25) is 0 Å². The summed E-state index contributed by atoms with van der Waals surface area (Å²) in [6, 6.07) is 35.8. The molecule has 11 heteroatoms. The molecule has 0 saturated heterocycles. The van der Waals surface area contributed by atoms with Crippen molar-refractivity contribution in [3.05, 3.63) is 138 Å². The molecule has 6 aromatic rings. The monoisotopic (exact) mass is 698 g/mol. The standard InChI is InChI=1S/C40H34N4O6S/c1-25(37(45)41-29-16-13-27(14-17-29)40-44-33-11-7-8-12-35(33)50-40)51-32-21-18-30(19-22-32)42-39(47)34(43-38(46)26-9-5-4-6-10-26)23-28-15-20-31(48-2)24-36(28)49-3/h4-25H,1-3H3,(H,41,45)(H,42,47)(H,43,46)/b34-23-. The lowest BCUT2D eigenvalue weighted by Crippen LogP contribution is -2.30. The number of nitrogens with one attached hydrogen (secondary N) is 3. The van der Waals surface area contributed by atoms with Crippen molar-refractivity contribution in [2.75, 3.05) is 24.9 Å². The Labute approximate surface area is 298 Å². The van der Waals surface area contributed by atoms with E-state index in [2.05, 4.69) is 20.9 Å². The highest BCUT2D eigenvalue weighted by Gasteiger charge is 2.18. The second-order valence-electron chi connectivity index (χ2n) is 11.3. The molecule has 1 unspecified atom stereocenters. The predicted octanol–water partition coefficient (Wildman–Crippen LogP) is 8.04. The molecule has 5 aromatic carbocycles. The molecule has 10 nitrogen and oxygen atoms in total. The molecule has 0 fully saturated rings. The van der Waals surface area contributed by atoms with Crippen LogP contribution in [0.4, 0.5) is 11.4 Å². The number of rotatable bonds is 12. The second-order valence-corrected chi connectivity index (χ2v) is 12.7. The molecule has 256 valence electrons. The molecular weight excluding hydrogens is 665 g/mol. The molecule has 0 aliphatic heterocycles. The highest BCUT2D eigenvalue weighted by molar-refractivity contribution is 8.00. The molecule has 3 N–H and O–H groups in total. The van der Waals surface area contributed by atoms with Crippen LogP contribution in [0.5, 0.6) is 11.5 Å². The number of thioether (sulfide) groups is 1. The fraction of sp³-hybridized carbons (Fsp3) is 0.100. The zero-order valence-electron chi connectivity index (χ0n) is 28.0. The Hall–Kier alpha value is -6.33. The first-order chi connectivity index (χ1) is 24.8. The van der Waals surface area contributed by atoms with E-state index in [1.165, 1.54) is 18.9 Å². The number of nitrogens with zero attached hydrogens (tertiary/aromatic N) is 1.